The number of ether oxygens (including phenoxy) is 3. The van der Waals surface area contributed by atoms with E-state index in [1.54, 1.807) is 35.2 Å². The van der Waals surface area contributed by atoms with Gasteiger partial charge in [-0.15, -0.1) is 0 Å². The van der Waals surface area contributed by atoms with Crippen LogP contribution < -0.4 is 14.2 Å². The number of hydrogen-bond donors (Lipinski definition) is 0. The molecule has 138 valence electrons. The molecule has 1 fully saturated rings. The Morgan fingerprint density at radius 2 is 1.88 bits per heavy atom. The lowest BCUT2D eigenvalue weighted by atomic mass is 10.1. The Morgan fingerprint density at radius 3 is 2.54 bits per heavy atom. The summed E-state index contributed by atoms with van der Waals surface area (Å²) in [4.78, 5) is 18.5. The molecule has 1 saturated heterocycles. The molecule has 1 amide bonds. The second-order valence-corrected chi connectivity index (χ2v) is 6.23. The molecule has 2 heterocycles. The Bertz CT molecular complexity index is 761. The lowest BCUT2D eigenvalue weighted by molar-refractivity contribution is 0.0160. The minimum absolute atomic E-state index is 0.0575. The van der Waals surface area contributed by atoms with Gasteiger partial charge in [0.2, 0.25) is 5.88 Å². The average Bonchev–Trinajstić information content (AvgIpc) is 2.61. The molecule has 26 heavy (non-hydrogen) atoms. The van der Waals surface area contributed by atoms with E-state index in [4.69, 9.17) is 25.8 Å². The molecule has 0 bridgehead atoms. The van der Waals surface area contributed by atoms with Crippen molar-refractivity contribution in [2.75, 3.05) is 26.3 Å². The number of amides is 1. The van der Waals surface area contributed by atoms with E-state index in [1.807, 2.05) is 13.8 Å². The first-order valence-corrected chi connectivity index (χ1v) is 8.95. The van der Waals surface area contributed by atoms with Crippen LogP contribution in [0.3, 0.4) is 0 Å². The normalized spacial score (nSPS) is 13.9. The van der Waals surface area contributed by atoms with Gasteiger partial charge in [-0.05, 0) is 38.1 Å². The van der Waals surface area contributed by atoms with Crippen molar-refractivity contribution in [1.29, 1.82) is 0 Å². The van der Waals surface area contributed by atoms with Crippen molar-refractivity contribution in [2.45, 2.75) is 20.0 Å². The molecule has 1 aromatic carbocycles. The highest BCUT2D eigenvalue weighted by molar-refractivity contribution is 6.30. The molecule has 1 aliphatic rings. The number of pyridine rings is 1. The van der Waals surface area contributed by atoms with E-state index >= 15 is 0 Å². The first kappa shape index (κ1) is 18.3. The van der Waals surface area contributed by atoms with Crippen LogP contribution >= 0.6 is 11.6 Å². The summed E-state index contributed by atoms with van der Waals surface area (Å²) >= 11 is 5.80. The van der Waals surface area contributed by atoms with Crippen LogP contribution in [0, 0.1) is 0 Å². The van der Waals surface area contributed by atoms with Crippen LogP contribution in [0.15, 0.2) is 36.5 Å². The Morgan fingerprint density at radius 1 is 1.15 bits per heavy atom. The van der Waals surface area contributed by atoms with E-state index in [9.17, 15) is 4.79 Å². The molecular weight excluding hydrogens is 356 g/mol. The zero-order chi connectivity index (χ0) is 18.5. The fourth-order valence-electron chi connectivity index (χ4n) is 2.65. The van der Waals surface area contributed by atoms with E-state index in [0.717, 1.165) is 0 Å². The second-order valence-electron chi connectivity index (χ2n) is 5.79. The van der Waals surface area contributed by atoms with Gasteiger partial charge < -0.3 is 19.1 Å². The fraction of sp³-hybridized carbons (Fsp3) is 0.368. The molecule has 0 unspecified atom stereocenters. The van der Waals surface area contributed by atoms with Crippen LogP contribution in [0.5, 0.6) is 17.4 Å². The van der Waals surface area contributed by atoms with Crippen molar-refractivity contribution in [3.8, 4) is 17.4 Å². The number of likely N-dealkylation sites (tertiary alicyclic amines) is 1. The van der Waals surface area contributed by atoms with E-state index in [0.29, 0.717) is 54.3 Å². The van der Waals surface area contributed by atoms with Gasteiger partial charge in [-0.2, -0.15) is 0 Å². The number of hydrogen-bond acceptors (Lipinski definition) is 5. The van der Waals surface area contributed by atoms with E-state index in [1.165, 1.54) is 6.20 Å². The fourth-order valence-corrected chi connectivity index (χ4v) is 2.76. The predicted octanol–water partition coefficient (Wildman–Crippen LogP) is 3.44. The number of halogens is 1. The van der Waals surface area contributed by atoms with Crippen LogP contribution in [0.25, 0.3) is 0 Å². The average molecular weight is 377 g/mol. The van der Waals surface area contributed by atoms with Crippen molar-refractivity contribution in [3.05, 3.63) is 47.1 Å². The summed E-state index contributed by atoms with van der Waals surface area (Å²) in [6.07, 6.45) is 1.47. The van der Waals surface area contributed by atoms with Gasteiger partial charge in [-0.25, -0.2) is 4.98 Å². The van der Waals surface area contributed by atoms with Crippen LogP contribution in [-0.2, 0) is 0 Å². The zero-order valence-electron chi connectivity index (χ0n) is 14.8. The third-order valence-electron chi connectivity index (χ3n) is 3.91. The van der Waals surface area contributed by atoms with Gasteiger partial charge in [-0.1, -0.05) is 11.6 Å². The summed E-state index contributed by atoms with van der Waals surface area (Å²) in [6, 6.07) is 8.69. The van der Waals surface area contributed by atoms with E-state index in [-0.39, 0.29) is 12.0 Å². The molecule has 0 atom stereocenters. The van der Waals surface area contributed by atoms with Crippen LogP contribution in [0.1, 0.15) is 24.2 Å². The molecule has 3 rings (SSSR count). The summed E-state index contributed by atoms with van der Waals surface area (Å²) in [5, 5.41) is 0.559. The smallest absolute Gasteiger partial charge is 0.254 e. The Kier molecular flexibility index (Phi) is 5.83. The number of nitrogens with zero attached hydrogens (tertiary/aromatic N) is 2. The standard InChI is InChI=1S/C19H21ClN2O4/c1-3-24-16-7-5-13(9-17(16)25-4-2)19(23)22-11-15(12-22)26-18-8-6-14(20)10-21-18/h5-10,15H,3-4,11-12H2,1-2H3. The summed E-state index contributed by atoms with van der Waals surface area (Å²) in [6.45, 7) is 5.88. The highest BCUT2D eigenvalue weighted by Crippen LogP contribution is 2.30. The molecule has 0 saturated carbocycles. The monoisotopic (exact) mass is 376 g/mol. The number of aromatic nitrogens is 1. The number of carbonyl (C=O) groups excluding carboxylic acids is 1. The Balaban J connectivity index is 1.60. The second kappa shape index (κ2) is 8.27. The number of carbonyl (C=O) groups is 1. The highest BCUT2D eigenvalue weighted by Gasteiger charge is 2.33. The maximum Gasteiger partial charge on any atom is 0.254 e. The molecule has 0 radical (unpaired) electrons. The first-order valence-electron chi connectivity index (χ1n) is 8.57. The van der Waals surface area contributed by atoms with Gasteiger partial charge in [0, 0.05) is 17.8 Å². The van der Waals surface area contributed by atoms with Crippen LogP contribution in [-0.4, -0.2) is 48.2 Å². The largest absolute Gasteiger partial charge is 0.490 e. The first-order chi connectivity index (χ1) is 12.6. The van der Waals surface area contributed by atoms with Gasteiger partial charge in [-0.3, -0.25) is 4.79 Å². The summed E-state index contributed by atoms with van der Waals surface area (Å²) in [5.41, 5.74) is 0.569. The van der Waals surface area contributed by atoms with Crippen molar-refractivity contribution in [3.63, 3.8) is 0 Å². The SMILES string of the molecule is CCOc1ccc(C(=O)N2CC(Oc3ccc(Cl)cn3)C2)cc1OCC. The van der Waals surface area contributed by atoms with Crippen LogP contribution in [0.2, 0.25) is 5.02 Å². The van der Waals surface area contributed by atoms with Gasteiger partial charge in [0.05, 0.1) is 31.3 Å². The number of benzene rings is 1. The highest BCUT2D eigenvalue weighted by atomic mass is 35.5. The zero-order valence-corrected chi connectivity index (χ0v) is 15.5. The number of rotatable bonds is 7. The minimum Gasteiger partial charge on any atom is -0.490 e. The van der Waals surface area contributed by atoms with Gasteiger partial charge in [0.15, 0.2) is 11.5 Å². The van der Waals surface area contributed by atoms with Gasteiger partial charge in [0.25, 0.3) is 5.91 Å². The Hall–Kier alpha value is -2.47. The van der Waals surface area contributed by atoms with E-state index < -0.39 is 0 Å². The molecule has 0 spiro atoms. The van der Waals surface area contributed by atoms with E-state index in [2.05, 4.69) is 4.98 Å². The van der Waals surface area contributed by atoms with Crippen molar-refractivity contribution in [1.82, 2.24) is 9.88 Å². The quantitative estimate of drug-likeness (QED) is 0.740. The van der Waals surface area contributed by atoms with Gasteiger partial charge >= 0.3 is 0 Å². The Labute approximate surface area is 157 Å². The lowest BCUT2D eigenvalue weighted by Crippen LogP contribution is -2.56. The molecule has 1 aromatic heterocycles. The maximum absolute atomic E-state index is 12.6. The molecule has 1 aliphatic heterocycles. The molecule has 2 aromatic rings. The summed E-state index contributed by atoms with van der Waals surface area (Å²) < 4.78 is 16.8. The molecule has 6 nitrogen and oxygen atoms in total. The molecular formula is C19H21ClN2O4. The third-order valence-corrected chi connectivity index (χ3v) is 4.14. The topological polar surface area (TPSA) is 60.9 Å². The molecule has 0 aliphatic carbocycles. The predicted molar refractivity (Wildman–Crippen MR) is 98.3 cm³/mol. The van der Waals surface area contributed by atoms with Gasteiger partial charge in [0.1, 0.15) is 6.10 Å². The summed E-state index contributed by atoms with van der Waals surface area (Å²) in [7, 11) is 0. The maximum atomic E-state index is 12.6. The van der Waals surface area contributed by atoms with Crippen molar-refractivity contribution >= 4 is 17.5 Å². The summed E-state index contributed by atoms with van der Waals surface area (Å²) in [5.74, 6) is 1.67. The molecule has 0 N–H and O–H groups in total. The molecule has 7 heteroatoms. The third kappa shape index (κ3) is 4.19. The minimum atomic E-state index is -0.0679. The van der Waals surface area contributed by atoms with Crippen molar-refractivity contribution < 1.29 is 19.0 Å². The van der Waals surface area contributed by atoms with Crippen molar-refractivity contribution in [2.24, 2.45) is 0 Å². The van der Waals surface area contributed by atoms with Crippen LogP contribution in [0.4, 0.5) is 0 Å². The lowest BCUT2D eigenvalue weighted by Gasteiger charge is -2.38.